The molecule has 1 saturated carbocycles. The molecule has 0 atom stereocenters. The van der Waals surface area contributed by atoms with Crippen molar-refractivity contribution in [1.29, 1.82) is 0 Å². The molecule has 5 nitrogen and oxygen atoms in total. The molecular weight excluding hydrogens is 264 g/mol. The zero-order valence-corrected chi connectivity index (χ0v) is 11.8. The predicted molar refractivity (Wildman–Crippen MR) is 74.5 cm³/mol. The van der Waals surface area contributed by atoms with Gasteiger partial charge in [0.2, 0.25) is 10.0 Å². The zero-order chi connectivity index (χ0) is 13.9. The molecule has 0 spiro atoms. The van der Waals surface area contributed by atoms with Crippen LogP contribution < -0.4 is 10.0 Å². The highest BCUT2D eigenvalue weighted by atomic mass is 32.2. The molecule has 1 aliphatic carbocycles. The van der Waals surface area contributed by atoms with Crippen LogP contribution in [0.5, 0.6) is 0 Å². The van der Waals surface area contributed by atoms with Gasteiger partial charge in [0.25, 0.3) is 0 Å². The van der Waals surface area contributed by atoms with Gasteiger partial charge in [-0.05, 0) is 43.9 Å². The van der Waals surface area contributed by atoms with E-state index in [1.54, 1.807) is 18.2 Å². The van der Waals surface area contributed by atoms with Gasteiger partial charge in [-0.2, -0.15) is 0 Å². The van der Waals surface area contributed by atoms with Crippen LogP contribution in [-0.2, 0) is 10.0 Å². The summed E-state index contributed by atoms with van der Waals surface area (Å²) in [5, 5.41) is 12.2. The number of nitrogens with one attached hydrogen (secondary N) is 2. The summed E-state index contributed by atoms with van der Waals surface area (Å²) in [6.07, 6.45) is 2.93. The molecule has 0 amide bonds. The summed E-state index contributed by atoms with van der Waals surface area (Å²) in [7, 11) is -2.05. The summed E-state index contributed by atoms with van der Waals surface area (Å²) in [5.74, 6) is 0. The second-order valence-corrected chi connectivity index (χ2v) is 6.89. The first-order valence-electron chi connectivity index (χ1n) is 6.40. The molecule has 1 fully saturated rings. The lowest BCUT2D eigenvalue weighted by Gasteiger charge is -2.17. The Morgan fingerprint density at radius 2 is 2.00 bits per heavy atom. The average Bonchev–Trinajstić information content (AvgIpc) is 3.17. The van der Waals surface area contributed by atoms with Crippen LogP contribution >= 0.6 is 0 Å². The smallest absolute Gasteiger partial charge is 0.242 e. The van der Waals surface area contributed by atoms with Crippen LogP contribution in [-0.4, -0.2) is 33.7 Å². The number of aliphatic hydroxyl groups excluding tert-OH is 1. The average molecular weight is 284 g/mol. The van der Waals surface area contributed by atoms with Crippen molar-refractivity contribution in [2.24, 2.45) is 5.41 Å². The van der Waals surface area contributed by atoms with Crippen LogP contribution in [0.2, 0.25) is 0 Å². The number of rotatable bonds is 7. The van der Waals surface area contributed by atoms with E-state index in [9.17, 15) is 8.42 Å². The van der Waals surface area contributed by atoms with Crippen LogP contribution in [0.3, 0.4) is 0 Å². The quantitative estimate of drug-likeness (QED) is 0.702. The van der Waals surface area contributed by atoms with Gasteiger partial charge in [-0.3, -0.25) is 0 Å². The standard InChI is InChI=1S/C13H20N2O3S/c1-14-19(17,18)12-5-3-2-4-11(12)15-10-13(6-7-13)8-9-16/h2-5,14-16H,6-10H2,1H3. The predicted octanol–water partition coefficient (Wildman–Crippen LogP) is 1.17. The van der Waals surface area contributed by atoms with Crippen LogP contribution in [0, 0.1) is 5.41 Å². The fourth-order valence-corrected chi connectivity index (χ4v) is 3.08. The molecule has 106 valence electrons. The normalized spacial score (nSPS) is 17.2. The first kappa shape index (κ1) is 14.3. The molecule has 6 heteroatoms. The zero-order valence-electron chi connectivity index (χ0n) is 11.0. The molecule has 0 heterocycles. The van der Waals surface area contributed by atoms with Crippen molar-refractivity contribution < 1.29 is 13.5 Å². The van der Waals surface area contributed by atoms with Gasteiger partial charge in [-0.15, -0.1) is 0 Å². The summed E-state index contributed by atoms with van der Waals surface area (Å²) < 4.78 is 26.1. The molecule has 19 heavy (non-hydrogen) atoms. The van der Waals surface area contributed by atoms with Crippen LogP contribution in [0.4, 0.5) is 5.69 Å². The van der Waals surface area contributed by atoms with E-state index in [1.807, 2.05) is 6.07 Å². The highest BCUT2D eigenvalue weighted by Gasteiger charge is 2.41. The highest BCUT2D eigenvalue weighted by Crippen LogP contribution is 2.48. The Morgan fingerprint density at radius 3 is 2.58 bits per heavy atom. The molecule has 0 unspecified atom stereocenters. The maximum atomic E-state index is 11.9. The van der Waals surface area contributed by atoms with Crippen molar-refractivity contribution in [3.05, 3.63) is 24.3 Å². The Bertz CT molecular complexity index is 539. The fraction of sp³-hybridized carbons (Fsp3) is 0.538. The minimum absolute atomic E-state index is 0.144. The summed E-state index contributed by atoms with van der Waals surface area (Å²) in [4.78, 5) is 0.261. The SMILES string of the molecule is CNS(=O)(=O)c1ccccc1NCC1(CCO)CC1. The first-order chi connectivity index (χ1) is 9.03. The van der Waals surface area contributed by atoms with E-state index in [2.05, 4.69) is 10.0 Å². The molecular formula is C13H20N2O3S. The Hall–Kier alpha value is -1.11. The topological polar surface area (TPSA) is 78.4 Å². The maximum Gasteiger partial charge on any atom is 0.242 e. The van der Waals surface area contributed by atoms with E-state index in [-0.39, 0.29) is 16.9 Å². The molecule has 0 saturated heterocycles. The number of hydrogen-bond donors (Lipinski definition) is 3. The van der Waals surface area contributed by atoms with Gasteiger partial charge in [0, 0.05) is 13.2 Å². The Kier molecular flexibility index (Phi) is 4.13. The lowest BCUT2D eigenvalue weighted by molar-refractivity contribution is 0.253. The lowest BCUT2D eigenvalue weighted by atomic mass is 10.0. The van der Waals surface area contributed by atoms with Gasteiger partial charge in [0.1, 0.15) is 4.90 Å². The second kappa shape index (κ2) is 5.48. The summed E-state index contributed by atoms with van der Waals surface area (Å²) in [6.45, 7) is 0.877. The number of sulfonamides is 1. The third-order valence-electron chi connectivity index (χ3n) is 3.70. The number of anilines is 1. The number of para-hydroxylation sites is 1. The van der Waals surface area contributed by atoms with Crippen molar-refractivity contribution >= 4 is 15.7 Å². The second-order valence-electron chi connectivity index (χ2n) is 5.03. The number of aliphatic hydroxyl groups is 1. The van der Waals surface area contributed by atoms with Gasteiger partial charge < -0.3 is 10.4 Å². The molecule has 1 aromatic rings. The van der Waals surface area contributed by atoms with Gasteiger partial charge in [-0.1, -0.05) is 12.1 Å². The molecule has 0 aliphatic heterocycles. The Balaban J connectivity index is 2.13. The van der Waals surface area contributed by atoms with E-state index >= 15 is 0 Å². The highest BCUT2D eigenvalue weighted by molar-refractivity contribution is 7.89. The Labute approximate surface area is 114 Å². The van der Waals surface area contributed by atoms with Gasteiger partial charge in [0.15, 0.2) is 0 Å². The first-order valence-corrected chi connectivity index (χ1v) is 7.89. The van der Waals surface area contributed by atoms with E-state index < -0.39 is 10.0 Å². The summed E-state index contributed by atoms with van der Waals surface area (Å²) >= 11 is 0. The van der Waals surface area contributed by atoms with Crippen molar-refractivity contribution in [1.82, 2.24) is 4.72 Å². The van der Waals surface area contributed by atoms with Crippen molar-refractivity contribution in [2.75, 3.05) is 25.5 Å². The Morgan fingerprint density at radius 1 is 1.32 bits per heavy atom. The molecule has 2 rings (SSSR count). The lowest BCUT2D eigenvalue weighted by Crippen LogP contribution is -2.22. The minimum atomic E-state index is -3.45. The van der Waals surface area contributed by atoms with E-state index in [1.165, 1.54) is 7.05 Å². The molecule has 3 N–H and O–H groups in total. The van der Waals surface area contributed by atoms with Crippen molar-refractivity contribution in [3.8, 4) is 0 Å². The summed E-state index contributed by atoms with van der Waals surface area (Å²) in [6, 6.07) is 6.86. The molecule has 0 radical (unpaired) electrons. The van der Waals surface area contributed by atoms with Crippen molar-refractivity contribution in [2.45, 2.75) is 24.2 Å². The van der Waals surface area contributed by atoms with E-state index in [0.29, 0.717) is 12.2 Å². The number of benzene rings is 1. The molecule has 0 aromatic heterocycles. The monoisotopic (exact) mass is 284 g/mol. The minimum Gasteiger partial charge on any atom is -0.396 e. The van der Waals surface area contributed by atoms with Gasteiger partial charge >= 0.3 is 0 Å². The van der Waals surface area contributed by atoms with Crippen LogP contribution in [0.25, 0.3) is 0 Å². The van der Waals surface area contributed by atoms with Crippen LogP contribution in [0.15, 0.2) is 29.2 Å². The van der Waals surface area contributed by atoms with E-state index in [4.69, 9.17) is 5.11 Å². The largest absolute Gasteiger partial charge is 0.396 e. The van der Waals surface area contributed by atoms with Gasteiger partial charge in [0.05, 0.1) is 5.69 Å². The third kappa shape index (κ3) is 3.26. The number of hydrogen-bond acceptors (Lipinski definition) is 4. The van der Waals surface area contributed by atoms with Crippen LogP contribution in [0.1, 0.15) is 19.3 Å². The molecule has 0 bridgehead atoms. The maximum absolute atomic E-state index is 11.9. The van der Waals surface area contributed by atoms with E-state index in [0.717, 1.165) is 19.3 Å². The fourth-order valence-electron chi connectivity index (χ4n) is 2.17. The third-order valence-corrected chi connectivity index (χ3v) is 5.17. The summed E-state index contributed by atoms with van der Waals surface area (Å²) in [5.41, 5.74) is 0.756. The molecule has 1 aromatic carbocycles. The molecule has 1 aliphatic rings. The van der Waals surface area contributed by atoms with Crippen molar-refractivity contribution in [3.63, 3.8) is 0 Å². The van der Waals surface area contributed by atoms with Gasteiger partial charge in [-0.25, -0.2) is 13.1 Å².